The molecule has 0 radical (unpaired) electrons. The van der Waals surface area contributed by atoms with Crippen molar-refractivity contribution in [2.24, 2.45) is 11.8 Å². The zero-order valence-electron chi connectivity index (χ0n) is 12.7. The van der Waals surface area contributed by atoms with Crippen LogP contribution in [0.2, 0.25) is 0 Å². The highest BCUT2D eigenvalue weighted by Crippen LogP contribution is 2.39. The normalized spacial score (nSPS) is 20.2. The Morgan fingerprint density at radius 1 is 1.23 bits per heavy atom. The molecule has 0 unspecified atom stereocenters. The van der Waals surface area contributed by atoms with Crippen LogP contribution in [-0.2, 0) is 17.6 Å². The maximum atomic E-state index is 12.7. The Labute approximate surface area is 134 Å². The summed E-state index contributed by atoms with van der Waals surface area (Å²) in [4.78, 5) is 25.8. The monoisotopic (exact) mass is 318 g/mol. The quantitative estimate of drug-likeness (QED) is 0.848. The van der Waals surface area contributed by atoms with Gasteiger partial charge in [0.05, 0.1) is 10.6 Å². The van der Waals surface area contributed by atoms with E-state index in [9.17, 15) is 9.59 Å². The number of hydrogen-bond donors (Lipinski definition) is 2. The third kappa shape index (κ3) is 2.91. The number of nitrogens with one attached hydrogen (secondary N) is 2. The van der Waals surface area contributed by atoms with Crippen LogP contribution >= 0.6 is 11.3 Å². The SMILES string of the molecule is O=C(NCC1CC1)c1c(CC(=O)C2CC2)sc2c1CCCN2. The van der Waals surface area contributed by atoms with E-state index in [2.05, 4.69) is 10.6 Å². The molecule has 2 N–H and O–H groups in total. The average Bonchev–Trinajstić information content (AvgIpc) is 3.41. The van der Waals surface area contributed by atoms with Crippen molar-refractivity contribution in [2.75, 3.05) is 18.4 Å². The Hall–Kier alpha value is -1.36. The van der Waals surface area contributed by atoms with Crippen LogP contribution in [0.25, 0.3) is 0 Å². The van der Waals surface area contributed by atoms with E-state index < -0.39 is 0 Å². The zero-order valence-corrected chi connectivity index (χ0v) is 13.6. The Morgan fingerprint density at radius 3 is 2.77 bits per heavy atom. The maximum Gasteiger partial charge on any atom is 0.252 e. The topological polar surface area (TPSA) is 58.2 Å². The Balaban J connectivity index is 1.58. The highest BCUT2D eigenvalue weighted by Gasteiger charge is 2.33. The summed E-state index contributed by atoms with van der Waals surface area (Å²) in [7, 11) is 0. The van der Waals surface area contributed by atoms with Gasteiger partial charge < -0.3 is 10.6 Å². The van der Waals surface area contributed by atoms with Gasteiger partial charge in [-0.25, -0.2) is 0 Å². The average molecular weight is 318 g/mol. The third-order valence-corrected chi connectivity index (χ3v) is 6.00. The molecule has 0 bridgehead atoms. The molecule has 1 aromatic rings. The molecule has 2 saturated carbocycles. The minimum atomic E-state index is 0.0340. The molecule has 2 heterocycles. The lowest BCUT2D eigenvalue weighted by molar-refractivity contribution is -0.119. The van der Waals surface area contributed by atoms with Crippen LogP contribution in [0, 0.1) is 11.8 Å². The number of hydrogen-bond acceptors (Lipinski definition) is 4. The van der Waals surface area contributed by atoms with Crippen LogP contribution in [0.15, 0.2) is 0 Å². The Bertz CT molecular complexity index is 614. The molecule has 1 amide bonds. The Morgan fingerprint density at radius 2 is 2.05 bits per heavy atom. The van der Waals surface area contributed by atoms with Gasteiger partial charge in [0, 0.05) is 30.3 Å². The predicted molar refractivity (Wildman–Crippen MR) is 87.6 cm³/mol. The molecule has 1 aromatic heterocycles. The molecule has 0 saturated heterocycles. The number of carbonyl (C=O) groups is 2. The summed E-state index contributed by atoms with van der Waals surface area (Å²) in [5.74, 6) is 1.28. The van der Waals surface area contributed by atoms with Gasteiger partial charge in [-0.15, -0.1) is 11.3 Å². The molecule has 0 spiro atoms. The summed E-state index contributed by atoms with van der Waals surface area (Å²) in [5.41, 5.74) is 1.95. The standard InChI is InChI=1S/C17H22N2O2S/c20-13(11-5-6-11)8-14-15(16(21)19-9-10-3-4-10)12-2-1-7-18-17(12)22-14/h10-11,18H,1-9H2,(H,19,21). The smallest absolute Gasteiger partial charge is 0.252 e. The van der Waals surface area contributed by atoms with Gasteiger partial charge in [-0.1, -0.05) is 0 Å². The summed E-state index contributed by atoms with van der Waals surface area (Å²) in [6.07, 6.45) is 6.98. The van der Waals surface area contributed by atoms with E-state index in [1.165, 1.54) is 12.8 Å². The third-order valence-electron chi connectivity index (χ3n) is 4.81. The minimum absolute atomic E-state index is 0.0340. The van der Waals surface area contributed by atoms with Gasteiger partial charge in [0.2, 0.25) is 0 Å². The van der Waals surface area contributed by atoms with Crippen molar-refractivity contribution < 1.29 is 9.59 Å². The summed E-state index contributed by atoms with van der Waals surface area (Å²) >= 11 is 1.62. The fourth-order valence-electron chi connectivity index (χ4n) is 3.11. The lowest BCUT2D eigenvalue weighted by atomic mass is 10.00. The number of anilines is 1. The molecule has 4 rings (SSSR count). The van der Waals surface area contributed by atoms with E-state index in [1.807, 2.05) is 0 Å². The maximum absolute atomic E-state index is 12.7. The summed E-state index contributed by atoms with van der Waals surface area (Å²) in [6.45, 7) is 1.75. The second-order valence-corrected chi connectivity index (χ2v) is 7.91. The van der Waals surface area contributed by atoms with E-state index >= 15 is 0 Å². The molecule has 4 nitrogen and oxygen atoms in total. The van der Waals surface area contributed by atoms with E-state index in [1.54, 1.807) is 11.3 Å². The van der Waals surface area contributed by atoms with Gasteiger partial charge in [0.25, 0.3) is 5.91 Å². The molecule has 118 valence electrons. The summed E-state index contributed by atoms with van der Waals surface area (Å²) in [6, 6.07) is 0. The van der Waals surface area contributed by atoms with Crippen LogP contribution < -0.4 is 10.6 Å². The number of carbonyl (C=O) groups excluding carboxylic acids is 2. The van der Waals surface area contributed by atoms with E-state index in [-0.39, 0.29) is 11.8 Å². The lowest BCUT2D eigenvalue weighted by Crippen LogP contribution is -2.27. The zero-order chi connectivity index (χ0) is 15.1. The van der Waals surface area contributed by atoms with Gasteiger partial charge in [-0.3, -0.25) is 9.59 Å². The van der Waals surface area contributed by atoms with Crippen molar-refractivity contribution in [1.29, 1.82) is 0 Å². The van der Waals surface area contributed by atoms with Crippen molar-refractivity contribution in [3.8, 4) is 0 Å². The molecule has 0 aromatic carbocycles. The first-order valence-electron chi connectivity index (χ1n) is 8.41. The molecule has 3 aliphatic rings. The van der Waals surface area contributed by atoms with Crippen molar-refractivity contribution >= 4 is 28.0 Å². The molecular weight excluding hydrogens is 296 g/mol. The predicted octanol–water partition coefficient (Wildman–Crippen LogP) is 2.77. The molecule has 5 heteroatoms. The number of rotatable bonds is 6. The number of ketones is 1. The van der Waals surface area contributed by atoms with Crippen molar-refractivity contribution in [3.63, 3.8) is 0 Å². The van der Waals surface area contributed by atoms with E-state index in [0.717, 1.165) is 59.8 Å². The van der Waals surface area contributed by atoms with Gasteiger partial charge in [-0.05, 0) is 50.0 Å². The van der Waals surface area contributed by atoms with Gasteiger partial charge >= 0.3 is 0 Å². The first-order chi connectivity index (χ1) is 10.7. The van der Waals surface area contributed by atoms with Crippen LogP contribution in [0.5, 0.6) is 0 Å². The second-order valence-electron chi connectivity index (χ2n) is 6.81. The van der Waals surface area contributed by atoms with E-state index in [0.29, 0.717) is 18.1 Å². The fraction of sp³-hybridized carbons (Fsp3) is 0.647. The fourth-order valence-corrected chi connectivity index (χ4v) is 4.39. The lowest BCUT2D eigenvalue weighted by Gasteiger charge is -2.15. The number of amides is 1. The molecular formula is C17H22N2O2S. The van der Waals surface area contributed by atoms with Crippen molar-refractivity contribution in [2.45, 2.75) is 44.9 Å². The van der Waals surface area contributed by atoms with Crippen LogP contribution in [0.4, 0.5) is 5.00 Å². The second kappa shape index (κ2) is 5.69. The van der Waals surface area contributed by atoms with Crippen LogP contribution in [0.1, 0.15) is 52.9 Å². The Kier molecular flexibility index (Phi) is 3.68. The first kappa shape index (κ1) is 14.2. The molecule has 0 atom stereocenters. The van der Waals surface area contributed by atoms with Gasteiger partial charge in [0.1, 0.15) is 5.78 Å². The highest BCUT2D eigenvalue weighted by molar-refractivity contribution is 7.16. The summed E-state index contributed by atoms with van der Waals surface area (Å²) in [5, 5.41) is 7.60. The van der Waals surface area contributed by atoms with E-state index in [4.69, 9.17) is 0 Å². The van der Waals surface area contributed by atoms with Gasteiger partial charge in [0.15, 0.2) is 0 Å². The van der Waals surface area contributed by atoms with Crippen LogP contribution in [-0.4, -0.2) is 24.8 Å². The van der Waals surface area contributed by atoms with Crippen LogP contribution in [0.3, 0.4) is 0 Å². The molecule has 2 aliphatic carbocycles. The number of Topliss-reactive ketones (excluding diaryl/α,β-unsaturated/α-hetero) is 1. The molecule has 1 aliphatic heterocycles. The number of thiophene rings is 1. The first-order valence-corrected chi connectivity index (χ1v) is 9.23. The van der Waals surface area contributed by atoms with Crippen molar-refractivity contribution in [1.82, 2.24) is 5.32 Å². The van der Waals surface area contributed by atoms with Crippen molar-refractivity contribution in [3.05, 3.63) is 16.0 Å². The molecule has 2 fully saturated rings. The molecule has 22 heavy (non-hydrogen) atoms. The van der Waals surface area contributed by atoms with Gasteiger partial charge in [-0.2, -0.15) is 0 Å². The highest BCUT2D eigenvalue weighted by atomic mass is 32.1. The number of fused-ring (bicyclic) bond motifs is 1. The minimum Gasteiger partial charge on any atom is -0.377 e. The summed E-state index contributed by atoms with van der Waals surface area (Å²) < 4.78 is 0. The largest absolute Gasteiger partial charge is 0.377 e.